The number of furan rings is 5. The Morgan fingerprint density at radius 3 is 0.959 bits per heavy atom. The van der Waals surface area contributed by atoms with Crippen LogP contribution in [0.15, 0.2) is 279 Å². The van der Waals surface area contributed by atoms with Crippen molar-refractivity contribution in [3.8, 4) is 0 Å². The van der Waals surface area contributed by atoms with E-state index in [0.29, 0.717) is 28.6 Å². The predicted octanol–water partition coefficient (Wildman–Crippen LogP) is 24.1. The van der Waals surface area contributed by atoms with Crippen molar-refractivity contribution >= 4 is 167 Å². The minimum Gasteiger partial charge on any atom is -0.435 e. The van der Waals surface area contributed by atoms with Gasteiger partial charge in [0.1, 0.15) is 30.8 Å². The van der Waals surface area contributed by atoms with Crippen molar-refractivity contribution in [2.75, 3.05) is 48.4 Å². The molecule has 18 aromatic rings. The Morgan fingerprint density at radius 1 is 0.287 bits per heavy atom. The minimum atomic E-state index is -0.679. The Bertz CT molecular complexity index is 7110. The highest BCUT2D eigenvalue weighted by molar-refractivity contribution is 6.14. The molecular formula is C100H97N17O5. The van der Waals surface area contributed by atoms with Gasteiger partial charge in [0.2, 0.25) is 28.6 Å². The summed E-state index contributed by atoms with van der Waals surface area (Å²) in [6.45, 7) is 28.9. The van der Waals surface area contributed by atoms with E-state index in [4.69, 9.17) is 29.8 Å². The van der Waals surface area contributed by atoms with Crippen LogP contribution in [0.1, 0.15) is 92.9 Å². The monoisotopic (exact) mass is 1620 g/mol. The molecule has 612 valence electrons. The number of hydrogen-bond donors (Lipinski definition) is 0. The largest absolute Gasteiger partial charge is 0.435 e. The summed E-state index contributed by atoms with van der Waals surface area (Å²) in [4.78, 5) is 53.2. The molecule has 0 N–H and O–H groups in total. The summed E-state index contributed by atoms with van der Waals surface area (Å²) in [7, 11) is 4.22. The summed E-state index contributed by atoms with van der Waals surface area (Å²) in [6.07, 6.45) is 25.0. The normalized spacial score (nSPS) is 17.7. The Kier molecular flexibility index (Phi) is 19.1. The first kappa shape index (κ1) is 75.1. The molecule has 0 spiro atoms. The Balaban J connectivity index is 0.000000102. The maximum Gasteiger partial charge on any atom is 0.227 e. The minimum absolute atomic E-state index is 0.0322. The average Bonchev–Trinajstić information content (AvgIpc) is 1.67. The molecule has 0 saturated carbocycles. The van der Waals surface area contributed by atoms with Gasteiger partial charge in [-0.1, -0.05) is 91.0 Å². The van der Waals surface area contributed by atoms with Gasteiger partial charge in [0.15, 0.2) is 39.6 Å². The number of para-hydroxylation sites is 3. The van der Waals surface area contributed by atoms with E-state index >= 15 is 0 Å². The van der Waals surface area contributed by atoms with Crippen molar-refractivity contribution in [1.82, 2.24) is 49.6 Å². The highest BCUT2D eigenvalue weighted by atomic mass is 16.4. The van der Waals surface area contributed by atoms with Crippen LogP contribution < -0.4 is 34.3 Å². The van der Waals surface area contributed by atoms with Gasteiger partial charge in [0, 0.05) is 166 Å². The molecule has 0 fully saturated rings. The number of hydrogen-bond acceptors (Lipinski definition) is 22. The molecule has 5 aliphatic heterocycles. The van der Waals surface area contributed by atoms with Crippen molar-refractivity contribution in [2.45, 2.75) is 140 Å². The Labute approximate surface area is 710 Å². The first-order chi connectivity index (χ1) is 59.8. The quantitative estimate of drug-likeness (QED) is 0.140. The molecule has 22 heteroatoms. The molecule has 7 aromatic carbocycles. The third-order valence-corrected chi connectivity index (χ3v) is 24.4. The van der Waals surface area contributed by atoms with Gasteiger partial charge in [-0.3, -0.25) is 4.90 Å². The molecule has 5 unspecified atom stereocenters. The van der Waals surface area contributed by atoms with Crippen LogP contribution in [0.4, 0.5) is 57.1 Å². The van der Waals surface area contributed by atoms with Crippen LogP contribution in [0.5, 0.6) is 0 Å². The highest BCUT2D eigenvalue weighted by Gasteiger charge is 2.41. The molecule has 0 bridgehead atoms. The molecule has 5 atom stereocenters. The van der Waals surface area contributed by atoms with Crippen molar-refractivity contribution < 1.29 is 24.8 Å². The fourth-order valence-electron chi connectivity index (χ4n) is 18.1. The van der Waals surface area contributed by atoms with E-state index < -0.39 is 12.0 Å². The van der Waals surface area contributed by atoms with Crippen LogP contribution in [-0.2, 0) is 0 Å². The Morgan fingerprint density at radius 2 is 0.607 bits per heavy atom. The van der Waals surface area contributed by atoms with Crippen LogP contribution in [0.25, 0.3) is 110 Å². The lowest BCUT2D eigenvalue weighted by atomic mass is 10.1. The summed E-state index contributed by atoms with van der Waals surface area (Å²) in [5.41, 5.74) is 22.3. The molecule has 122 heavy (non-hydrogen) atoms. The molecule has 0 radical (unpaired) electrons. The number of pyridine rings is 5. The van der Waals surface area contributed by atoms with Gasteiger partial charge in [0.25, 0.3) is 0 Å². The number of rotatable bonds is 8. The lowest BCUT2D eigenvalue weighted by molar-refractivity contribution is 0.263. The van der Waals surface area contributed by atoms with E-state index in [0.717, 1.165) is 144 Å². The van der Waals surface area contributed by atoms with Crippen molar-refractivity contribution in [1.29, 1.82) is 0 Å². The van der Waals surface area contributed by atoms with E-state index in [-0.39, 0.29) is 30.8 Å². The summed E-state index contributed by atoms with van der Waals surface area (Å²) < 4.78 is 47.4. The molecule has 0 aliphatic carbocycles. The first-order valence-electron chi connectivity index (χ1n) is 42.4. The molecular weight excluding hydrogens is 1520 g/mol. The second-order valence-corrected chi connectivity index (χ2v) is 32.2. The summed E-state index contributed by atoms with van der Waals surface area (Å²) in [6, 6.07) is 58.7. The van der Waals surface area contributed by atoms with E-state index in [1.165, 1.54) is 22.5 Å². The van der Waals surface area contributed by atoms with Gasteiger partial charge in [0.05, 0.1) is 42.6 Å². The molecule has 0 saturated heterocycles. The van der Waals surface area contributed by atoms with Gasteiger partial charge < -0.3 is 66.2 Å². The van der Waals surface area contributed by atoms with E-state index in [1.54, 1.807) is 43.4 Å². The van der Waals surface area contributed by atoms with E-state index in [2.05, 4.69) is 274 Å². The fourth-order valence-corrected chi connectivity index (χ4v) is 18.1. The maximum atomic E-state index is 8.33. The van der Waals surface area contributed by atoms with Gasteiger partial charge in [-0.05, 0) is 210 Å². The number of benzene rings is 7. The third kappa shape index (κ3) is 13.0. The number of aryl methyl sites for hydroxylation is 5. The van der Waals surface area contributed by atoms with Crippen LogP contribution in [-0.4, -0.2) is 107 Å². The molecule has 23 rings (SSSR count). The van der Waals surface area contributed by atoms with E-state index in [1.807, 2.05) is 129 Å². The van der Waals surface area contributed by atoms with Crippen molar-refractivity contribution in [3.05, 3.63) is 284 Å². The lowest BCUT2D eigenvalue weighted by Gasteiger charge is -2.33. The zero-order valence-corrected chi connectivity index (χ0v) is 71.3. The molecule has 16 heterocycles. The molecule has 22 nitrogen and oxygen atoms in total. The zero-order valence-electron chi connectivity index (χ0n) is 73.3. The topological polar surface area (TPSA) is 188 Å². The SMILES string of the molecule is Cc1ccc2c(oc3ncccc32)c1N1C=CN(C)C1C.Cc1ccc2c(oc3ncccc32)c1N1c2ccccc2N(C)C1C.Cc1ccc2c(oc3ncccc32)c1N1c2nccnc2N(c2ccccc2)C1C.[2H]C(C)(C)N1C=CN(c2c(C)ccc3c2oc2ncccc23)C1C.[2H]C(C)(C)N1C=CN(c2c(C)ccc3c2oc2ncccc23)C1C. The number of nitrogens with zero attached hydrogens (tertiary/aromatic N) is 17. The fraction of sp³-hybridized carbons (Fsp3) is 0.230. The predicted molar refractivity (Wildman–Crippen MR) is 495 cm³/mol. The summed E-state index contributed by atoms with van der Waals surface area (Å²) in [5, 5.41) is 10.6. The second kappa shape index (κ2) is 31.1. The molecule has 0 amide bonds. The lowest BCUT2D eigenvalue weighted by Crippen LogP contribution is -2.39. The zero-order chi connectivity index (χ0) is 86.1. The van der Waals surface area contributed by atoms with Crippen LogP contribution in [0.2, 0.25) is 0 Å². The maximum absolute atomic E-state index is 8.33. The highest BCUT2D eigenvalue weighted by Crippen LogP contribution is 2.52. The van der Waals surface area contributed by atoms with Crippen LogP contribution >= 0.6 is 0 Å². The van der Waals surface area contributed by atoms with Crippen molar-refractivity contribution in [2.24, 2.45) is 0 Å². The van der Waals surface area contributed by atoms with Gasteiger partial charge in [-0.2, -0.15) is 0 Å². The van der Waals surface area contributed by atoms with Gasteiger partial charge in [-0.15, -0.1) is 0 Å². The standard InChI is InChI=1S/C24H19N5O.C21H19N3O.2C19H21N3O.C17H17N3O/c1-15-10-11-18-19-9-6-12-27-24(19)30-21(18)20(15)29-16(2)28(17-7-4-3-5-8-17)22-23(29)26-14-13-25-22;1-13-10-11-15-16-7-6-12-22-21(16)25-20(15)19(13)24-14(2)23(3)17-8-4-5-9-18(17)24;2*1-12(2)21-10-11-22(14(21)4)17-13(3)7-8-15-16-6-5-9-20-19(16)23-18(15)17;1-11-6-7-13-14-5-4-8-18-17(14)21-16(13)15(11)20-10-9-19(3)12(20)2/h3-14,16H,1-2H3;4-12,14H,1-3H3;2*5-12,14H,1-4H3;4-10,12H,1-3H3/i;;2*12D;. The summed E-state index contributed by atoms with van der Waals surface area (Å²) >= 11 is 0. The number of anilines is 10. The van der Waals surface area contributed by atoms with Crippen molar-refractivity contribution in [3.63, 3.8) is 0 Å². The average molecular weight is 1620 g/mol. The van der Waals surface area contributed by atoms with Crippen LogP contribution in [0, 0.1) is 34.6 Å². The molecule has 11 aromatic heterocycles. The molecule has 5 aliphatic rings. The third-order valence-electron chi connectivity index (χ3n) is 24.4. The van der Waals surface area contributed by atoms with Crippen LogP contribution in [0.3, 0.4) is 0 Å². The first-order valence-corrected chi connectivity index (χ1v) is 41.4. The van der Waals surface area contributed by atoms with E-state index in [9.17, 15) is 0 Å². The van der Waals surface area contributed by atoms with Gasteiger partial charge in [-0.25, -0.2) is 34.9 Å². The van der Waals surface area contributed by atoms with Gasteiger partial charge >= 0.3 is 0 Å². The smallest absolute Gasteiger partial charge is 0.227 e. The Hall–Kier alpha value is -14.4. The summed E-state index contributed by atoms with van der Waals surface area (Å²) in [5.74, 6) is 1.65. The second-order valence-electron chi connectivity index (χ2n) is 32.2. The number of fused-ring (bicyclic) bond motifs is 17. The number of aromatic nitrogens is 7.